The van der Waals surface area contributed by atoms with E-state index in [0.29, 0.717) is 5.56 Å². The number of esters is 1. The van der Waals surface area contributed by atoms with E-state index in [1.807, 2.05) is 12.1 Å². The second-order valence-electron chi connectivity index (χ2n) is 4.09. The molecule has 1 fully saturated rings. The van der Waals surface area contributed by atoms with Gasteiger partial charge in [-0.2, -0.15) is 0 Å². The maximum Gasteiger partial charge on any atom is 0.339 e. The maximum absolute atomic E-state index is 11.2. The number of aliphatic hydroxyl groups excluding tert-OH is 1. The van der Waals surface area contributed by atoms with Gasteiger partial charge in [-0.05, 0) is 24.0 Å². The summed E-state index contributed by atoms with van der Waals surface area (Å²) in [7, 11) is 1.26. The van der Waals surface area contributed by atoms with Crippen LogP contribution in [0.4, 0.5) is 0 Å². The van der Waals surface area contributed by atoms with E-state index in [0.717, 1.165) is 25.0 Å². The van der Waals surface area contributed by atoms with Gasteiger partial charge in [0.25, 0.3) is 0 Å². The normalized spacial score (nSPS) is 21.2. The average molecular weight is 236 g/mol. The predicted octanol–water partition coefficient (Wildman–Crippen LogP) is 1.74. The third-order valence-electron chi connectivity index (χ3n) is 2.98. The third kappa shape index (κ3) is 2.65. The minimum atomic E-state index is -1.21. The van der Waals surface area contributed by atoms with Crippen molar-refractivity contribution in [2.45, 2.75) is 25.0 Å². The Hall–Kier alpha value is -1.39. The van der Waals surface area contributed by atoms with Crippen molar-refractivity contribution in [3.63, 3.8) is 0 Å². The standard InChI is InChI=1S/C13H16O4/c1-16-13(15)12(14)10-6-4-9(5-7-10)11-3-2-8-17-11/h4-7,11-12,14H,2-3,8H2,1H3. The number of rotatable bonds is 3. The highest BCUT2D eigenvalue weighted by Gasteiger charge is 2.20. The zero-order valence-corrected chi connectivity index (χ0v) is 9.76. The molecule has 0 aliphatic carbocycles. The molecule has 0 amide bonds. The lowest BCUT2D eigenvalue weighted by Gasteiger charge is -2.12. The summed E-state index contributed by atoms with van der Waals surface area (Å²) in [5.41, 5.74) is 1.63. The molecule has 2 unspecified atom stereocenters. The van der Waals surface area contributed by atoms with Crippen LogP contribution in [0.25, 0.3) is 0 Å². The van der Waals surface area contributed by atoms with Gasteiger partial charge in [-0.3, -0.25) is 0 Å². The molecule has 1 aliphatic heterocycles. The molecule has 0 saturated carbocycles. The average Bonchev–Trinajstić information content (AvgIpc) is 2.91. The van der Waals surface area contributed by atoms with Gasteiger partial charge in [0.1, 0.15) is 0 Å². The van der Waals surface area contributed by atoms with Crippen LogP contribution in [0.1, 0.15) is 36.2 Å². The highest BCUT2D eigenvalue weighted by Crippen LogP contribution is 2.29. The summed E-state index contributed by atoms with van der Waals surface area (Å²) in [6, 6.07) is 7.24. The molecular weight excluding hydrogens is 220 g/mol. The first kappa shape index (κ1) is 12.1. The Kier molecular flexibility index (Phi) is 3.76. The topological polar surface area (TPSA) is 55.8 Å². The highest BCUT2D eigenvalue weighted by atomic mass is 16.5. The van der Waals surface area contributed by atoms with Crippen molar-refractivity contribution in [1.82, 2.24) is 0 Å². The van der Waals surface area contributed by atoms with Gasteiger partial charge in [0.15, 0.2) is 6.10 Å². The van der Waals surface area contributed by atoms with E-state index in [4.69, 9.17) is 4.74 Å². The van der Waals surface area contributed by atoms with Crippen LogP contribution in [0.3, 0.4) is 0 Å². The molecule has 2 atom stereocenters. The largest absolute Gasteiger partial charge is 0.467 e. The lowest BCUT2D eigenvalue weighted by molar-refractivity contribution is -0.150. The molecule has 0 radical (unpaired) electrons. The van der Waals surface area contributed by atoms with Crippen LogP contribution >= 0.6 is 0 Å². The molecule has 0 spiro atoms. The molecule has 1 aromatic carbocycles. The van der Waals surface area contributed by atoms with E-state index >= 15 is 0 Å². The van der Waals surface area contributed by atoms with Crippen molar-refractivity contribution in [3.05, 3.63) is 35.4 Å². The number of carbonyl (C=O) groups is 1. The van der Waals surface area contributed by atoms with Crippen molar-refractivity contribution >= 4 is 5.97 Å². The summed E-state index contributed by atoms with van der Waals surface area (Å²) in [6.07, 6.45) is 1.05. The van der Waals surface area contributed by atoms with Crippen LogP contribution < -0.4 is 0 Å². The molecule has 0 bridgehead atoms. The molecule has 17 heavy (non-hydrogen) atoms. The Morgan fingerprint density at radius 3 is 2.71 bits per heavy atom. The van der Waals surface area contributed by atoms with Gasteiger partial charge < -0.3 is 14.6 Å². The monoisotopic (exact) mass is 236 g/mol. The Balaban J connectivity index is 2.09. The van der Waals surface area contributed by atoms with Gasteiger partial charge in [0, 0.05) is 6.61 Å². The van der Waals surface area contributed by atoms with E-state index in [9.17, 15) is 9.90 Å². The number of methoxy groups -OCH3 is 1. The second-order valence-corrected chi connectivity index (χ2v) is 4.09. The van der Waals surface area contributed by atoms with Gasteiger partial charge in [0.2, 0.25) is 0 Å². The van der Waals surface area contributed by atoms with E-state index in [2.05, 4.69) is 4.74 Å². The summed E-state index contributed by atoms with van der Waals surface area (Å²) >= 11 is 0. The second kappa shape index (κ2) is 5.29. The molecule has 4 heteroatoms. The minimum absolute atomic E-state index is 0.152. The Morgan fingerprint density at radius 1 is 1.47 bits per heavy atom. The molecular formula is C13H16O4. The summed E-state index contributed by atoms with van der Waals surface area (Å²) in [5.74, 6) is -0.644. The first-order valence-corrected chi connectivity index (χ1v) is 5.69. The van der Waals surface area contributed by atoms with E-state index in [1.54, 1.807) is 12.1 Å². The smallest absolute Gasteiger partial charge is 0.339 e. The van der Waals surface area contributed by atoms with Gasteiger partial charge in [-0.1, -0.05) is 24.3 Å². The highest BCUT2D eigenvalue weighted by molar-refractivity contribution is 5.76. The third-order valence-corrected chi connectivity index (χ3v) is 2.98. The van der Waals surface area contributed by atoms with Crippen LogP contribution in [0.2, 0.25) is 0 Å². The Bertz CT molecular complexity index is 379. The zero-order valence-electron chi connectivity index (χ0n) is 9.76. The van der Waals surface area contributed by atoms with Crippen molar-refractivity contribution in [2.75, 3.05) is 13.7 Å². The van der Waals surface area contributed by atoms with E-state index in [1.165, 1.54) is 7.11 Å². The molecule has 1 saturated heterocycles. The van der Waals surface area contributed by atoms with Crippen LogP contribution in [-0.2, 0) is 14.3 Å². The summed E-state index contributed by atoms with van der Waals surface area (Å²) in [4.78, 5) is 11.2. The molecule has 1 aliphatic rings. The molecule has 1 aromatic rings. The number of hydrogen-bond acceptors (Lipinski definition) is 4. The quantitative estimate of drug-likeness (QED) is 0.812. The number of hydrogen-bond donors (Lipinski definition) is 1. The lowest BCUT2D eigenvalue weighted by atomic mass is 10.0. The molecule has 92 valence electrons. The molecule has 1 heterocycles. The number of carbonyl (C=O) groups excluding carboxylic acids is 1. The van der Waals surface area contributed by atoms with Crippen LogP contribution in [0.5, 0.6) is 0 Å². The van der Waals surface area contributed by atoms with E-state index in [-0.39, 0.29) is 6.10 Å². The zero-order chi connectivity index (χ0) is 12.3. The first-order chi connectivity index (χ1) is 8.22. The first-order valence-electron chi connectivity index (χ1n) is 5.69. The van der Waals surface area contributed by atoms with Crippen molar-refractivity contribution in [2.24, 2.45) is 0 Å². The Labute approximate surface area is 100 Å². The fourth-order valence-electron chi connectivity index (χ4n) is 1.98. The van der Waals surface area contributed by atoms with Gasteiger partial charge >= 0.3 is 5.97 Å². The van der Waals surface area contributed by atoms with Crippen molar-refractivity contribution in [3.8, 4) is 0 Å². The van der Waals surface area contributed by atoms with Crippen LogP contribution in [0, 0.1) is 0 Å². The number of benzene rings is 1. The fourth-order valence-corrected chi connectivity index (χ4v) is 1.98. The van der Waals surface area contributed by atoms with E-state index < -0.39 is 12.1 Å². The van der Waals surface area contributed by atoms with Gasteiger partial charge in [-0.25, -0.2) is 4.79 Å². The SMILES string of the molecule is COC(=O)C(O)c1ccc(C2CCCO2)cc1. The van der Waals surface area contributed by atoms with Crippen molar-refractivity contribution < 1.29 is 19.4 Å². The fraction of sp³-hybridized carbons (Fsp3) is 0.462. The molecule has 2 rings (SSSR count). The summed E-state index contributed by atoms with van der Waals surface area (Å²) < 4.78 is 10.0. The predicted molar refractivity (Wildman–Crippen MR) is 61.3 cm³/mol. The number of ether oxygens (including phenoxy) is 2. The minimum Gasteiger partial charge on any atom is -0.467 e. The van der Waals surface area contributed by atoms with Gasteiger partial charge in [0.05, 0.1) is 13.2 Å². The van der Waals surface area contributed by atoms with Crippen LogP contribution in [-0.4, -0.2) is 24.8 Å². The molecule has 4 nitrogen and oxygen atoms in total. The summed E-state index contributed by atoms with van der Waals surface area (Å²) in [6.45, 7) is 0.803. The molecule has 0 aromatic heterocycles. The lowest BCUT2D eigenvalue weighted by Crippen LogP contribution is -2.13. The maximum atomic E-state index is 11.2. The van der Waals surface area contributed by atoms with Gasteiger partial charge in [-0.15, -0.1) is 0 Å². The molecule has 1 N–H and O–H groups in total. The number of aliphatic hydroxyl groups is 1. The van der Waals surface area contributed by atoms with Crippen LogP contribution in [0.15, 0.2) is 24.3 Å². The van der Waals surface area contributed by atoms with Crippen molar-refractivity contribution in [1.29, 1.82) is 0 Å². The Morgan fingerprint density at radius 2 is 2.18 bits per heavy atom. The summed E-state index contributed by atoms with van der Waals surface area (Å²) in [5, 5.41) is 9.64.